The number of benzene rings is 2. The van der Waals surface area contributed by atoms with Crippen LogP contribution in [0.25, 0.3) is 22.3 Å². The Morgan fingerprint density at radius 3 is 1.96 bits per heavy atom. The molecule has 0 bridgehead atoms. The molecule has 0 atom stereocenters. The first-order valence-corrected chi connectivity index (χ1v) is 7.72. The van der Waals surface area contributed by atoms with Gasteiger partial charge in [0.05, 0.1) is 26.0 Å². The third-order valence-corrected chi connectivity index (χ3v) is 3.99. The van der Waals surface area contributed by atoms with Crippen LogP contribution >= 0.6 is 11.6 Å². The van der Waals surface area contributed by atoms with E-state index < -0.39 is 23.0 Å². The Balaban J connectivity index is 2.32. The molecule has 0 aliphatic heterocycles. The van der Waals surface area contributed by atoms with Gasteiger partial charge in [0.15, 0.2) is 5.15 Å². The fraction of sp³-hybridized carbons (Fsp3) is 0.111. The van der Waals surface area contributed by atoms with Crippen LogP contribution in [0.15, 0.2) is 36.5 Å². The Hall–Kier alpha value is -2.80. The Morgan fingerprint density at radius 1 is 0.846 bits per heavy atom. The number of methoxy groups -OCH3 is 2. The van der Waals surface area contributed by atoms with Gasteiger partial charge in [-0.15, -0.1) is 5.10 Å². The molecule has 0 spiro atoms. The fourth-order valence-corrected chi connectivity index (χ4v) is 2.80. The number of ether oxygens (including phenoxy) is 2. The molecule has 1 heterocycles. The summed E-state index contributed by atoms with van der Waals surface area (Å²) in [7, 11) is 2.94. The molecule has 0 saturated carbocycles. The highest BCUT2D eigenvalue weighted by atomic mass is 35.5. The third-order valence-electron chi connectivity index (χ3n) is 3.73. The van der Waals surface area contributed by atoms with Gasteiger partial charge in [0.1, 0.15) is 29.0 Å². The van der Waals surface area contributed by atoms with Crippen molar-refractivity contribution in [3.8, 4) is 33.8 Å². The topological polar surface area (TPSA) is 44.2 Å². The molecule has 26 heavy (non-hydrogen) atoms. The Kier molecular flexibility index (Phi) is 4.99. The van der Waals surface area contributed by atoms with E-state index in [0.717, 1.165) is 0 Å². The van der Waals surface area contributed by atoms with E-state index in [0.29, 0.717) is 29.2 Å². The molecule has 2 aromatic carbocycles. The van der Waals surface area contributed by atoms with Crippen molar-refractivity contribution in [2.75, 3.05) is 14.2 Å². The first-order chi connectivity index (χ1) is 12.4. The molecule has 134 valence electrons. The molecule has 0 saturated heterocycles. The van der Waals surface area contributed by atoms with E-state index in [1.54, 1.807) is 18.2 Å². The maximum absolute atomic E-state index is 14.3. The summed E-state index contributed by atoms with van der Waals surface area (Å²) in [6.07, 6.45) is 1.30. The molecule has 0 unspecified atom stereocenters. The monoisotopic (exact) mass is 380 g/mol. The van der Waals surface area contributed by atoms with Crippen LogP contribution in [0.3, 0.4) is 0 Å². The van der Waals surface area contributed by atoms with Crippen LogP contribution in [-0.4, -0.2) is 24.4 Å². The van der Waals surface area contributed by atoms with Crippen molar-refractivity contribution < 1.29 is 22.6 Å². The van der Waals surface area contributed by atoms with Crippen molar-refractivity contribution in [3.63, 3.8) is 0 Å². The zero-order chi connectivity index (χ0) is 18.8. The largest absolute Gasteiger partial charge is 0.497 e. The molecule has 0 N–H and O–H groups in total. The van der Waals surface area contributed by atoms with Gasteiger partial charge in [0.2, 0.25) is 0 Å². The molecule has 0 fully saturated rings. The van der Waals surface area contributed by atoms with Crippen LogP contribution in [0, 0.1) is 17.5 Å². The van der Waals surface area contributed by atoms with Crippen LogP contribution in [0.2, 0.25) is 5.15 Å². The van der Waals surface area contributed by atoms with Crippen molar-refractivity contribution in [2.45, 2.75) is 0 Å². The van der Waals surface area contributed by atoms with Crippen molar-refractivity contribution in [3.05, 3.63) is 59.1 Å². The summed E-state index contributed by atoms with van der Waals surface area (Å²) in [5.41, 5.74) is 0.220. The van der Waals surface area contributed by atoms with Gasteiger partial charge in [-0.1, -0.05) is 11.6 Å². The van der Waals surface area contributed by atoms with Crippen LogP contribution in [-0.2, 0) is 0 Å². The van der Waals surface area contributed by atoms with Crippen molar-refractivity contribution in [1.82, 2.24) is 10.2 Å². The first-order valence-electron chi connectivity index (χ1n) is 7.34. The highest BCUT2D eigenvalue weighted by Gasteiger charge is 2.22. The third kappa shape index (κ3) is 3.30. The molecule has 3 rings (SSSR count). The summed E-state index contributed by atoms with van der Waals surface area (Å²) < 4.78 is 52.3. The smallest absolute Gasteiger partial charge is 0.160 e. The number of hydrogen-bond acceptors (Lipinski definition) is 4. The molecule has 0 radical (unpaired) electrons. The zero-order valence-electron chi connectivity index (χ0n) is 13.7. The normalized spacial score (nSPS) is 10.7. The molecule has 8 heteroatoms. The van der Waals surface area contributed by atoms with E-state index >= 15 is 0 Å². The van der Waals surface area contributed by atoms with Crippen LogP contribution in [0.5, 0.6) is 11.5 Å². The van der Waals surface area contributed by atoms with Gasteiger partial charge in [-0.3, -0.25) is 0 Å². The maximum Gasteiger partial charge on any atom is 0.160 e. The minimum atomic E-state index is -1.10. The standard InChI is InChI=1S/C18H12ClF3N2O2/c1-25-11-3-9(4-12(7-11)26-2)13-8-23-24-18(19)16(13)17-14(21)5-10(20)6-15(17)22/h3-8H,1-2H3. The van der Waals surface area contributed by atoms with Gasteiger partial charge in [-0.25, -0.2) is 13.2 Å². The lowest BCUT2D eigenvalue weighted by atomic mass is 9.96. The highest BCUT2D eigenvalue weighted by Crippen LogP contribution is 2.40. The van der Waals surface area contributed by atoms with E-state index in [1.165, 1.54) is 20.4 Å². The molecule has 3 aromatic rings. The van der Waals surface area contributed by atoms with Crippen molar-refractivity contribution >= 4 is 11.6 Å². The molecular weight excluding hydrogens is 369 g/mol. The second kappa shape index (κ2) is 7.21. The summed E-state index contributed by atoms with van der Waals surface area (Å²) in [5.74, 6) is -2.33. The van der Waals surface area contributed by atoms with Crippen LogP contribution in [0.1, 0.15) is 0 Å². The molecular formula is C18H12ClF3N2O2. The van der Waals surface area contributed by atoms with Gasteiger partial charge in [0, 0.05) is 29.3 Å². The lowest BCUT2D eigenvalue weighted by Gasteiger charge is -2.14. The van der Waals surface area contributed by atoms with Gasteiger partial charge in [-0.05, 0) is 17.7 Å². The zero-order valence-corrected chi connectivity index (χ0v) is 14.4. The number of hydrogen-bond donors (Lipinski definition) is 0. The predicted molar refractivity (Wildman–Crippen MR) is 90.9 cm³/mol. The number of rotatable bonds is 4. The Labute approximate surface area is 152 Å². The van der Waals surface area contributed by atoms with E-state index in [2.05, 4.69) is 10.2 Å². The quantitative estimate of drug-likeness (QED) is 0.646. The second-order valence-electron chi connectivity index (χ2n) is 5.27. The number of aromatic nitrogens is 2. The molecule has 0 amide bonds. The van der Waals surface area contributed by atoms with Crippen LogP contribution in [0.4, 0.5) is 13.2 Å². The summed E-state index contributed by atoms with van der Waals surface area (Å²) in [5, 5.41) is 7.18. The SMILES string of the molecule is COc1cc(OC)cc(-c2cnnc(Cl)c2-c2c(F)cc(F)cc2F)c1. The lowest BCUT2D eigenvalue weighted by molar-refractivity contribution is 0.394. The molecule has 0 aliphatic carbocycles. The summed E-state index contributed by atoms with van der Waals surface area (Å²) in [6.45, 7) is 0. The lowest BCUT2D eigenvalue weighted by Crippen LogP contribution is -1.99. The van der Waals surface area contributed by atoms with Crippen molar-refractivity contribution in [1.29, 1.82) is 0 Å². The van der Waals surface area contributed by atoms with E-state index in [9.17, 15) is 13.2 Å². The van der Waals surface area contributed by atoms with Gasteiger partial charge >= 0.3 is 0 Å². The Morgan fingerprint density at radius 2 is 1.42 bits per heavy atom. The van der Waals surface area contributed by atoms with E-state index in [1.807, 2.05) is 0 Å². The summed E-state index contributed by atoms with van der Waals surface area (Å²) in [6, 6.07) is 6.03. The molecule has 0 aliphatic rings. The fourth-order valence-electron chi connectivity index (χ4n) is 2.56. The second-order valence-corrected chi connectivity index (χ2v) is 5.63. The summed E-state index contributed by atoms with van der Waals surface area (Å²) in [4.78, 5) is 0. The Bertz CT molecular complexity index is 937. The predicted octanol–water partition coefficient (Wildman–Crippen LogP) is 4.90. The molecule has 1 aromatic heterocycles. The minimum absolute atomic E-state index is 0.0491. The van der Waals surface area contributed by atoms with Crippen LogP contribution < -0.4 is 9.47 Å². The number of nitrogens with zero attached hydrogens (tertiary/aromatic N) is 2. The minimum Gasteiger partial charge on any atom is -0.497 e. The molecule has 4 nitrogen and oxygen atoms in total. The van der Waals surface area contributed by atoms with E-state index in [4.69, 9.17) is 21.1 Å². The first kappa shape index (κ1) is 18.0. The highest BCUT2D eigenvalue weighted by molar-refractivity contribution is 6.32. The number of halogens is 4. The van der Waals surface area contributed by atoms with Gasteiger partial charge < -0.3 is 9.47 Å². The van der Waals surface area contributed by atoms with E-state index in [-0.39, 0.29) is 16.3 Å². The maximum atomic E-state index is 14.3. The summed E-state index contributed by atoms with van der Waals surface area (Å²) >= 11 is 6.08. The average Bonchev–Trinajstić information content (AvgIpc) is 2.61. The average molecular weight is 381 g/mol. The van der Waals surface area contributed by atoms with Gasteiger partial charge in [0.25, 0.3) is 0 Å². The van der Waals surface area contributed by atoms with Crippen molar-refractivity contribution in [2.24, 2.45) is 0 Å². The van der Waals surface area contributed by atoms with Gasteiger partial charge in [-0.2, -0.15) is 5.10 Å².